The summed E-state index contributed by atoms with van der Waals surface area (Å²) in [5.41, 5.74) is 1.11. The third-order valence-electron chi connectivity index (χ3n) is 4.34. The maximum absolute atomic E-state index is 12.9. The van der Waals surface area contributed by atoms with Crippen molar-refractivity contribution in [3.05, 3.63) is 73.6 Å². The first kappa shape index (κ1) is 23.4. The van der Waals surface area contributed by atoms with E-state index in [1.807, 2.05) is 13.8 Å². The molecule has 0 saturated heterocycles. The molecule has 0 atom stereocenters. The molecular formula is C20H20FN3O7. The molecule has 0 bridgehead atoms. The number of hydrogen-bond acceptors (Lipinski definition) is 6. The van der Waals surface area contributed by atoms with Crippen molar-refractivity contribution in [2.75, 3.05) is 11.4 Å². The average molecular weight is 433 g/mol. The first-order valence-electron chi connectivity index (χ1n) is 9.22. The van der Waals surface area contributed by atoms with E-state index < -0.39 is 28.1 Å². The molecule has 0 aromatic heterocycles. The number of benzene rings is 2. The SMILES string of the molecule is CC(C)CN1C(=O)Cc2cc([N+](=O)[O-])ccc21.O=C(O)Cc1cc([N+](=O)[O-])ccc1F. The standard InChI is InChI=1S/C12H14N2O3.C8H6FNO4/c1-8(2)7-13-11-4-3-10(14(16)17)5-9(11)6-12(13)15;9-7-2-1-6(10(13)14)3-5(7)4-8(11)12/h3-5,8H,6-7H2,1-2H3;1-3H,4H2,(H,11,12). The van der Waals surface area contributed by atoms with E-state index in [1.165, 1.54) is 12.1 Å². The second kappa shape index (κ2) is 9.74. The monoisotopic (exact) mass is 433 g/mol. The highest BCUT2D eigenvalue weighted by Crippen LogP contribution is 2.32. The van der Waals surface area contributed by atoms with Crippen molar-refractivity contribution in [1.82, 2.24) is 0 Å². The van der Waals surface area contributed by atoms with Crippen LogP contribution in [0.3, 0.4) is 0 Å². The first-order valence-corrected chi connectivity index (χ1v) is 9.22. The molecule has 1 amide bonds. The predicted molar refractivity (Wildman–Crippen MR) is 108 cm³/mol. The molecule has 1 heterocycles. The highest BCUT2D eigenvalue weighted by atomic mass is 19.1. The van der Waals surface area contributed by atoms with Gasteiger partial charge in [-0.1, -0.05) is 13.8 Å². The summed E-state index contributed by atoms with van der Waals surface area (Å²) in [4.78, 5) is 43.6. The van der Waals surface area contributed by atoms with Gasteiger partial charge < -0.3 is 10.0 Å². The fraction of sp³-hybridized carbons (Fsp3) is 0.300. The van der Waals surface area contributed by atoms with E-state index in [2.05, 4.69) is 0 Å². The molecule has 0 aliphatic carbocycles. The number of nitro groups is 2. The lowest BCUT2D eigenvalue weighted by molar-refractivity contribution is -0.385. The van der Waals surface area contributed by atoms with Gasteiger partial charge in [-0.15, -0.1) is 0 Å². The van der Waals surface area contributed by atoms with Gasteiger partial charge in [0.2, 0.25) is 5.91 Å². The summed E-state index contributed by atoms with van der Waals surface area (Å²) in [6, 6.07) is 7.40. The van der Waals surface area contributed by atoms with Crippen LogP contribution in [0.2, 0.25) is 0 Å². The Kier molecular flexibility index (Phi) is 7.35. The third-order valence-corrected chi connectivity index (χ3v) is 4.34. The highest BCUT2D eigenvalue weighted by Gasteiger charge is 2.29. The number of anilines is 1. The summed E-state index contributed by atoms with van der Waals surface area (Å²) in [5.74, 6) is -1.59. The van der Waals surface area contributed by atoms with Gasteiger partial charge in [0, 0.05) is 42.1 Å². The number of carboxylic acid groups (broad SMARTS) is 1. The van der Waals surface area contributed by atoms with Gasteiger partial charge in [-0.05, 0) is 23.6 Å². The van der Waals surface area contributed by atoms with E-state index in [4.69, 9.17) is 5.11 Å². The summed E-state index contributed by atoms with van der Waals surface area (Å²) in [5, 5.41) is 29.3. The quantitative estimate of drug-likeness (QED) is 0.542. The van der Waals surface area contributed by atoms with Gasteiger partial charge in [0.25, 0.3) is 11.4 Å². The number of rotatable bonds is 6. The van der Waals surface area contributed by atoms with Gasteiger partial charge in [-0.3, -0.25) is 29.8 Å². The van der Waals surface area contributed by atoms with Crippen LogP contribution < -0.4 is 4.90 Å². The Labute approximate surface area is 176 Å². The maximum atomic E-state index is 12.9. The lowest BCUT2D eigenvalue weighted by Crippen LogP contribution is -2.30. The molecule has 2 aromatic rings. The van der Waals surface area contributed by atoms with Crippen LogP contribution in [0, 0.1) is 32.0 Å². The number of carbonyl (C=O) groups is 2. The Balaban J connectivity index is 0.000000225. The lowest BCUT2D eigenvalue weighted by atomic mass is 10.1. The molecule has 1 aliphatic rings. The molecule has 2 aromatic carbocycles. The van der Waals surface area contributed by atoms with Crippen molar-refractivity contribution in [2.24, 2.45) is 5.92 Å². The van der Waals surface area contributed by atoms with E-state index in [-0.39, 0.29) is 29.3 Å². The smallest absolute Gasteiger partial charge is 0.307 e. The zero-order valence-corrected chi connectivity index (χ0v) is 16.8. The second-order valence-electron chi connectivity index (χ2n) is 7.25. The van der Waals surface area contributed by atoms with Crippen molar-refractivity contribution >= 4 is 28.9 Å². The van der Waals surface area contributed by atoms with Crippen LogP contribution in [0.25, 0.3) is 0 Å². The zero-order chi connectivity index (χ0) is 23.3. The Morgan fingerprint density at radius 1 is 1.13 bits per heavy atom. The fourth-order valence-electron chi connectivity index (χ4n) is 3.02. The molecule has 0 radical (unpaired) electrons. The summed E-state index contributed by atoms with van der Waals surface area (Å²) >= 11 is 0. The number of fused-ring (bicyclic) bond motifs is 1. The molecule has 0 fully saturated rings. The van der Waals surface area contributed by atoms with Gasteiger partial charge in [-0.25, -0.2) is 4.39 Å². The lowest BCUT2D eigenvalue weighted by Gasteiger charge is -2.19. The van der Waals surface area contributed by atoms with Gasteiger partial charge in [0.1, 0.15) is 5.82 Å². The van der Waals surface area contributed by atoms with Crippen LogP contribution in [-0.2, 0) is 22.4 Å². The molecule has 1 aliphatic heterocycles. The number of nitrogens with zero attached hydrogens (tertiary/aromatic N) is 3. The topological polar surface area (TPSA) is 144 Å². The van der Waals surface area contributed by atoms with Crippen LogP contribution in [-0.4, -0.2) is 33.4 Å². The first-order chi connectivity index (χ1) is 14.5. The Morgan fingerprint density at radius 2 is 1.71 bits per heavy atom. The van der Waals surface area contributed by atoms with Crippen LogP contribution in [0.5, 0.6) is 0 Å². The van der Waals surface area contributed by atoms with Gasteiger partial charge in [0.15, 0.2) is 0 Å². The van der Waals surface area contributed by atoms with Crippen molar-refractivity contribution in [1.29, 1.82) is 0 Å². The Bertz CT molecular complexity index is 1040. The van der Waals surface area contributed by atoms with E-state index in [0.717, 1.165) is 29.4 Å². The normalized spacial score (nSPS) is 12.3. The number of aliphatic carboxylic acids is 1. The van der Waals surface area contributed by atoms with Gasteiger partial charge in [0.05, 0.1) is 22.7 Å². The van der Waals surface area contributed by atoms with Crippen LogP contribution in [0.15, 0.2) is 36.4 Å². The fourth-order valence-corrected chi connectivity index (χ4v) is 3.02. The zero-order valence-electron chi connectivity index (χ0n) is 16.8. The van der Waals surface area contributed by atoms with Crippen molar-refractivity contribution in [2.45, 2.75) is 26.7 Å². The molecule has 31 heavy (non-hydrogen) atoms. The van der Waals surface area contributed by atoms with Crippen LogP contribution >= 0.6 is 0 Å². The highest BCUT2D eigenvalue weighted by molar-refractivity contribution is 6.01. The molecule has 11 heteroatoms. The average Bonchev–Trinajstić information content (AvgIpc) is 2.97. The molecule has 164 valence electrons. The number of carboxylic acids is 1. The number of amides is 1. The molecule has 10 nitrogen and oxygen atoms in total. The molecular weight excluding hydrogens is 413 g/mol. The van der Waals surface area contributed by atoms with Crippen molar-refractivity contribution in [3.8, 4) is 0 Å². The summed E-state index contributed by atoms with van der Waals surface area (Å²) in [6.45, 7) is 4.73. The van der Waals surface area contributed by atoms with Crippen LogP contribution in [0.1, 0.15) is 25.0 Å². The summed E-state index contributed by atoms with van der Waals surface area (Å²) < 4.78 is 12.9. The van der Waals surface area contributed by atoms with Crippen LogP contribution in [0.4, 0.5) is 21.5 Å². The molecule has 0 saturated carbocycles. The van der Waals surface area contributed by atoms with Crippen molar-refractivity contribution in [3.63, 3.8) is 0 Å². The minimum absolute atomic E-state index is 0.0224. The van der Waals surface area contributed by atoms with Crippen molar-refractivity contribution < 1.29 is 28.9 Å². The largest absolute Gasteiger partial charge is 0.481 e. The second-order valence-corrected chi connectivity index (χ2v) is 7.25. The molecule has 0 unspecified atom stereocenters. The predicted octanol–water partition coefficient (Wildman–Crippen LogP) is 3.50. The van der Waals surface area contributed by atoms with Gasteiger partial charge in [-0.2, -0.15) is 0 Å². The van der Waals surface area contributed by atoms with Gasteiger partial charge >= 0.3 is 5.97 Å². The minimum atomic E-state index is -1.23. The minimum Gasteiger partial charge on any atom is -0.481 e. The van der Waals surface area contributed by atoms with E-state index in [0.29, 0.717) is 12.5 Å². The maximum Gasteiger partial charge on any atom is 0.307 e. The third kappa shape index (κ3) is 6.04. The molecule has 1 N–H and O–H groups in total. The summed E-state index contributed by atoms with van der Waals surface area (Å²) in [7, 11) is 0. The van der Waals surface area contributed by atoms with E-state index in [9.17, 15) is 34.2 Å². The molecule has 0 spiro atoms. The van der Waals surface area contributed by atoms with E-state index >= 15 is 0 Å². The number of carbonyl (C=O) groups excluding carboxylic acids is 1. The molecule has 3 rings (SSSR count). The summed E-state index contributed by atoms with van der Waals surface area (Å²) in [6.07, 6.45) is -0.294. The van der Waals surface area contributed by atoms with E-state index in [1.54, 1.807) is 11.0 Å². The number of nitro benzene ring substituents is 2. The number of non-ortho nitro benzene ring substituents is 2. The number of halogens is 1. The number of hydrogen-bond donors (Lipinski definition) is 1. The Hall–Kier alpha value is -3.89. The Morgan fingerprint density at radius 3 is 2.26 bits per heavy atom.